The number of ether oxygens (including phenoxy) is 2. The number of hydrogen-bond acceptors (Lipinski definition) is 3. The normalized spacial score (nSPS) is 11.6. The van der Waals surface area contributed by atoms with Crippen molar-refractivity contribution in [3.8, 4) is 11.5 Å². The van der Waals surface area contributed by atoms with Crippen molar-refractivity contribution in [3.05, 3.63) is 54.1 Å². The Labute approximate surface area is 137 Å². The molecule has 1 atom stereocenters. The highest BCUT2D eigenvalue weighted by atomic mass is 16.5. The second-order valence-corrected chi connectivity index (χ2v) is 5.31. The van der Waals surface area contributed by atoms with E-state index in [9.17, 15) is 4.79 Å². The molecule has 0 saturated heterocycles. The summed E-state index contributed by atoms with van der Waals surface area (Å²) in [5, 5.41) is 2.98. The lowest BCUT2D eigenvalue weighted by Crippen LogP contribution is -2.21. The molecule has 4 nitrogen and oxygen atoms in total. The van der Waals surface area contributed by atoms with Crippen LogP contribution in [0.25, 0.3) is 0 Å². The third-order valence-electron chi connectivity index (χ3n) is 3.76. The van der Waals surface area contributed by atoms with Crippen LogP contribution in [0.3, 0.4) is 0 Å². The van der Waals surface area contributed by atoms with Gasteiger partial charge in [-0.25, -0.2) is 0 Å². The van der Waals surface area contributed by atoms with E-state index in [-0.39, 0.29) is 11.8 Å². The molecule has 2 aromatic rings. The van der Waals surface area contributed by atoms with Crippen molar-refractivity contribution in [2.75, 3.05) is 19.5 Å². The van der Waals surface area contributed by atoms with Crippen LogP contribution < -0.4 is 14.8 Å². The van der Waals surface area contributed by atoms with Crippen LogP contribution in [0.5, 0.6) is 11.5 Å². The first kappa shape index (κ1) is 16.9. The van der Waals surface area contributed by atoms with E-state index in [2.05, 4.69) is 12.2 Å². The summed E-state index contributed by atoms with van der Waals surface area (Å²) in [4.78, 5) is 12.7. The fraction of sp³-hybridized carbons (Fsp3) is 0.316. The molecule has 2 rings (SSSR count). The zero-order chi connectivity index (χ0) is 16.7. The van der Waals surface area contributed by atoms with Crippen LogP contribution in [0.4, 0.5) is 5.69 Å². The predicted molar refractivity (Wildman–Crippen MR) is 92.3 cm³/mol. The maximum Gasteiger partial charge on any atom is 0.232 e. The van der Waals surface area contributed by atoms with Gasteiger partial charge in [-0.05, 0) is 24.1 Å². The Bertz CT molecular complexity index is 640. The fourth-order valence-electron chi connectivity index (χ4n) is 2.54. The lowest BCUT2D eigenvalue weighted by atomic mass is 9.93. The van der Waals surface area contributed by atoms with Gasteiger partial charge in [0.2, 0.25) is 5.91 Å². The molecular weight excluding hydrogens is 290 g/mol. The number of nitrogens with one attached hydrogen (secondary N) is 1. The standard InChI is InChI=1S/C19H23NO3/c1-4-8-16(14-9-6-5-7-10-14)19(21)20-17-12-11-15(22-2)13-18(17)23-3/h5-7,9-13,16H,4,8H2,1-3H3,(H,20,21)/t16-/m1/s1. The topological polar surface area (TPSA) is 47.6 Å². The third-order valence-corrected chi connectivity index (χ3v) is 3.76. The van der Waals surface area contributed by atoms with Crippen LogP contribution in [-0.4, -0.2) is 20.1 Å². The molecular formula is C19H23NO3. The Kier molecular flexibility index (Phi) is 6.03. The predicted octanol–water partition coefficient (Wildman–Crippen LogP) is 4.23. The van der Waals surface area contributed by atoms with Crippen LogP contribution in [0, 0.1) is 0 Å². The van der Waals surface area contributed by atoms with Crippen molar-refractivity contribution < 1.29 is 14.3 Å². The largest absolute Gasteiger partial charge is 0.497 e. The van der Waals surface area contributed by atoms with Gasteiger partial charge in [0.25, 0.3) is 0 Å². The summed E-state index contributed by atoms with van der Waals surface area (Å²) in [6.45, 7) is 2.08. The molecule has 2 aromatic carbocycles. The molecule has 122 valence electrons. The average molecular weight is 313 g/mol. The quantitative estimate of drug-likeness (QED) is 0.832. The van der Waals surface area contributed by atoms with Crippen LogP contribution in [-0.2, 0) is 4.79 Å². The van der Waals surface area contributed by atoms with E-state index in [0.29, 0.717) is 17.2 Å². The molecule has 0 aliphatic carbocycles. The van der Waals surface area contributed by atoms with Crippen molar-refractivity contribution >= 4 is 11.6 Å². The first-order valence-corrected chi connectivity index (χ1v) is 7.77. The van der Waals surface area contributed by atoms with E-state index in [1.54, 1.807) is 32.4 Å². The van der Waals surface area contributed by atoms with E-state index < -0.39 is 0 Å². The number of carbonyl (C=O) groups excluding carboxylic acids is 1. The van der Waals surface area contributed by atoms with Gasteiger partial charge >= 0.3 is 0 Å². The lowest BCUT2D eigenvalue weighted by Gasteiger charge is -2.18. The summed E-state index contributed by atoms with van der Waals surface area (Å²) >= 11 is 0. The van der Waals surface area contributed by atoms with E-state index in [0.717, 1.165) is 18.4 Å². The molecule has 0 spiro atoms. The molecule has 0 bridgehead atoms. The molecule has 1 amide bonds. The zero-order valence-corrected chi connectivity index (χ0v) is 13.8. The zero-order valence-electron chi connectivity index (χ0n) is 13.8. The second kappa shape index (κ2) is 8.22. The summed E-state index contributed by atoms with van der Waals surface area (Å²) in [7, 11) is 3.17. The Morgan fingerprint density at radius 1 is 1.09 bits per heavy atom. The number of hydrogen-bond donors (Lipinski definition) is 1. The molecule has 0 heterocycles. The van der Waals surface area contributed by atoms with Crippen molar-refractivity contribution in [3.63, 3.8) is 0 Å². The van der Waals surface area contributed by atoms with Crippen LogP contribution in [0.15, 0.2) is 48.5 Å². The van der Waals surface area contributed by atoms with Crippen molar-refractivity contribution in [2.24, 2.45) is 0 Å². The third kappa shape index (κ3) is 4.25. The highest BCUT2D eigenvalue weighted by molar-refractivity contribution is 5.97. The van der Waals surface area contributed by atoms with Crippen molar-refractivity contribution in [1.29, 1.82) is 0 Å². The molecule has 23 heavy (non-hydrogen) atoms. The molecule has 0 radical (unpaired) electrons. The molecule has 4 heteroatoms. The Balaban J connectivity index is 2.22. The molecule has 0 aliphatic rings. The summed E-state index contributed by atoms with van der Waals surface area (Å²) in [5.41, 5.74) is 1.68. The molecule has 0 aliphatic heterocycles. The van der Waals surface area contributed by atoms with Gasteiger partial charge in [0.1, 0.15) is 11.5 Å². The van der Waals surface area contributed by atoms with Gasteiger partial charge in [-0.15, -0.1) is 0 Å². The number of benzene rings is 2. The van der Waals surface area contributed by atoms with Crippen molar-refractivity contribution in [2.45, 2.75) is 25.7 Å². The van der Waals surface area contributed by atoms with Gasteiger partial charge in [-0.1, -0.05) is 43.7 Å². The maximum atomic E-state index is 12.7. The smallest absolute Gasteiger partial charge is 0.232 e. The van der Waals surface area contributed by atoms with Gasteiger partial charge in [-0.3, -0.25) is 4.79 Å². The van der Waals surface area contributed by atoms with Crippen LogP contribution in [0.2, 0.25) is 0 Å². The first-order chi connectivity index (χ1) is 11.2. The molecule has 1 N–H and O–H groups in total. The second-order valence-electron chi connectivity index (χ2n) is 5.31. The van der Waals surface area contributed by atoms with Crippen LogP contribution in [0.1, 0.15) is 31.2 Å². The van der Waals surface area contributed by atoms with Gasteiger partial charge in [0.15, 0.2) is 0 Å². The van der Waals surface area contributed by atoms with Gasteiger partial charge in [0, 0.05) is 6.07 Å². The highest BCUT2D eigenvalue weighted by Crippen LogP contribution is 2.31. The first-order valence-electron chi connectivity index (χ1n) is 7.77. The van der Waals surface area contributed by atoms with Crippen molar-refractivity contribution in [1.82, 2.24) is 0 Å². The van der Waals surface area contributed by atoms with Gasteiger partial charge in [0.05, 0.1) is 25.8 Å². The summed E-state index contributed by atoms with van der Waals surface area (Å²) in [5.74, 6) is 1.07. The van der Waals surface area contributed by atoms with E-state index in [1.807, 2.05) is 30.3 Å². The Morgan fingerprint density at radius 2 is 1.83 bits per heavy atom. The lowest BCUT2D eigenvalue weighted by molar-refractivity contribution is -0.117. The minimum atomic E-state index is -0.173. The average Bonchev–Trinajstić information content (AvgIpc) is 2.60. The number of amides is 1. The molecule has 0 saturated carbocycles. The highest BCUT2D eigenvalue weighted by Gasteiger charge is 2.20. The minimum absolute atomic E-state index is 0.0264. The van der Waals surface area contributed by atoms with E-state index in [4.69, 9.17) is 9.47 Å². The SMILES string of the molecule is CCC[C@@H](C(=O)Nc1ccc(OC)cc1OC)c1ccccc1. The van der Waals surface area contributed by atoms with Gasteiger partial charge < -0.3 is 14.8 Å². The fourth-order valence-corrected chi connectivity index (χ4v) is 2.54. The summed E-state index contributed by atoms with van der Waals surface area (Å²) < 4.78 is 10.5. The molecule has 0 aromatic heterocycles. The maximum absolute atomic E-state index is 12.7. The monoisotopic (exact) mass is 313 g/mol. The summed E-state index contributed by atoms with van der Waals surface area (Å²) in [6, 6.07) is 15.2. The van der Waals surface area contributed by atoms with E-state index >= 15 is 0 Å². The van der Waals surface area contributed by atoms with Gasteiger partial charge in [-0.2, -0.15) is 0 Å². The number of methoxy groups -OCH3 is 2. The number of carbonyl (C=O) groups is 1. The number of anilines is 1. The minimum Gasteiger partial charge on any atom is -0.497 e. The van der Waals surface area contributed by atoms with Crippen LogP contribution >= 0.6 is 0 Å². The van der Waals surface area contributed by atoms with E-state index in [1.165, 1.54) is 0 Å². The molecule has 0 unspecified atom stereocenters. The summed E-state index contributed by atoms with van der Waals surface area (Å²) in [6.07, 6.45) is 1.74. The Morgan fingerprint density at radius 3 is 2.43 bits per heavy atom. The Hall–Kier alpha value is -2.49. The molecule has 0 fully saturated rings. The number of rotatable bonds is 7.